The smallest absolute Gasteiger partial charge is 0.0424 e. The van der Waals surface area contributed by atoms with Gasteiger partial charge in [-0.2, -0.15) is 0 Å². The topological polar surface area (TPSA) is 15.3 Å². The second-order valence-corrected chi connectivity index (χ2v) is 6.02. The summed E-state index contributed by atoms with van der Waals surface area (Å²) >= 11 is 12.0. The lowest BCUT2D eigenvalue weighted by atomic mass is 10.00. The van der Waals surface area contributed by atoms with Crippen molar-refractivity contribution in [3.8, 4) is 0 Å². The quantitative estimate of drug-likeness (QED) is 0.893. The van der Waals surface area contributed by atoms with Crippen LogP contribution in [0.2, 0.25) is 10.0 Å². The van der Waals surface area contributed by atoms with Crippen LogP contribution in [0.5, 0.6) is 0 Å². The van der Waals surface area contributed by atoms with E-state index in [1.54, 1.807) is 6.07 Å². The Morgan fingerprint density at radius 3 is 2.22 bits per heavy atom. The molecule has 1 aromatic rings. The molecule has 2 nitrogen and oxygen atoms in total. The molecule has 18 heavy (non-hydrogen) atoms. The van der Waals surface area contributed by atoms with Crippen LogP contribution in [-0.2, 0) is 6.54 Å². The van der Waals surface area contributed by atoms with Crippen LogP contribution in [0.25, 0.3) is 0 Å². The zero-order chi connectivity index (χ0) is 13.1. The molecule has 2 rings (SSSR count). The number of rotatable bonds is 3. The van der Waals surface area contributed by atoms with E-state index in [1.165, 1.54) is 19.3 Å². The van der Waals surface area contributed by atoms with Crippen molar-refractivity contribution in [2.45, 2.75) is 51.7 Å². The second-order valence-electron chi connectivity index (χ2n) is 5.15. The third-order valence-corrected chi connectivity index (χ3v) is 4.02. The zero-order valence-electron chi connectivity index (χ0n) is 10.9. The summed E-state index contributed by atoms with van der Waals surface area (Å²) in [6, 6.07) is 6.85. The Labute approximate surface area is 119 Å². The third-order valence-electron chi connectivity index (χ3n) is 3.58. The van der Waals surface area contributed by atoms with E-state index < -0.39 is 0 Å². The summed E-state index contributed by atoms with van der Waals surface area (Å²) in [5, 5.41) is 3.75. The molecule has 1 fully saturated rings. The molecule has 1 saturated heterocycles. The molecule has 100 valence electrons. The van der Waals surface area contributed by atoms with Gasteiger partial charge in [0.1, 0.15) is 0 Å². The minimum absolute atomic E-state index is 0.586. The molecule has 2 unspecified atom stereocenters. The number of halogens is 2. The van der Waals surface area contributed by atoms with Crippen LogP contribution >= 0.6 is 23.2 Å². The van der Waals surface area contributed by atoms with E-state index in [1.807, 2.05) is 12.1 Å². The average molecular weight is 287 g/mol. The lowest BCUT2D eigenvalue weighted by molar-refractivity contribution is 0.0435. The Kier molecular flexibility index (Phi) is 4.91. The molecule has 1 aromatic carbocycles. The van der Waals surface area contributed by atoms with Crippen LogP contribution in [0.4, 0.5) is 0 Å². The van der Waals surface area contributed by atoms with Gasteiger partial charge in [0.05, 0.1) is 0 Å². The Morgan fingerprint density at radius 1 is 1.11 bits per heavy atom. The normalized spacial score (nSPS) is 25.3. The lowest BCUT2D eigenvalue weighted by Crippen LogP contribution is -2.51. The highest BCUT2D eigenvalue weighted by atomic mass is 35.5. The van der Waals surface area contributed by atoms with Crippen molar-refractivity contribution in [2.24, 2.45) is 0 Å². The minimum Gasteiger partial charge on any atom is -0.250 e. The SMILES string of the molecule is CC1CCCC(C)N1NCc1cc(Cl)cc(Cl)c1. The van der Waals surface area contributed by atoms with Gasteiger partial charge >= 0.3 is 0 Å². The van der Waals surface area contributed by atoms with Crippen molar-refractivity contribution < 1.29 is 0 Å². The van der Waals surface area contributed by atoms with Gasteiger partial charge in [-0.1, -0.05) is 29.6 Å². The van der Waals surface area contributed by atoms with E-state index in [2.05, 4.69) is 24.3 Å². The Balaban J connectivity index is 1.97. The third kappa shape index (κ3) is 3.61. The van der Waals surface area contributed by atoms with Crippen molar-refractivity contribution in [1.82, 2.24) is 10.4 Å². The highest BCUT2D eigenvalue weighted by Gasteiger charge is 2.24. The highest BCUT2D eigenvalue weighted by molar-refractivity contribution is 6.34. The van der Waals surface area contributed by atoms with Crippen molar-refractivity contribution in [1.29, 1.82) is 0 Å². The van der Waals surface area contributed by atoms with E-state index in [4.69, 9.17) is 23.2 Å². The number of nitrogens with one attached hydrogen (secondary N) is 1. The van der Waals surface area contributed by atoms with Crippen LogP contribution in [0.15, 0.2) is 18.2 Å². The summed E-state index contributed by atoms with van der Waals surface area (Å²) in [6.07, 6.45) is 3.84. The fourth-order valence-electron chi connectivity index (χ4n) is 2.63. The molecular weight excluding hydrogens is 267 g/mol. The van der Waals surface area contributed by atoms with Gasteiger partial charge in [0.25, 0.3) is 0 Å². The minimum atomic E-state index is 0.586. The van der Waals surface area contributed by atoms with E-state index in [0.29, 0.717) is 22.1 Å². The molecule has 2 atom stereocenters. The van der Waals surface area contributed by atoms with Gasteiger partial charge < -0.3 is 0 Å². The van der Waals surface area contributed by atoms with Gasteiger partial charge in [0.15, 0.2) is 0 Å². The number of hydrazine groups is 1. The highest BCUT2D eigenvalue weighted by Crippen LogP contribution is 2.22. The van der Waals surface area contributed by atoms with Gasteiger partial charge in [0.2, 0.25) is 0 Å². The molecule has 0 amide bonds. The maximum absolute atomic E-state index is 6.00. The van der Waals surface area contributed by atoms with Crippen LogP contribution in [-0.4, -0.2) is 17.1 Å². The second kappa shape index (κ2) is 6.25. The van der Waals surface area contributed by atoms with Crippen LogP contribution in [0.3, 0.4) is 0 Å². The largest absolute Gasteiger partial charge is 0.250 e. The first-order chi connectivity index (χ1) is 8.56. The summed E-state index contributed by atoms with van der Waals surface area (Å²) in [5.74, 6) is 0. The van der Waals surface area contributed by atoms with E-state index in [9.17, 15) is 0 Å². The molecule has 1 N–H and O–H groups in total. The molecule has 1 heterocycles. The first-order valence-corrected chi connectivity index (χ1v) is 7.28. The standard InChI is InChI=1S/C14H20Cl2N2/c1-10-4-3-5-11(2)18(10)17-9-12-6-13(15)8-14(16)7-12/h6-8,10-11,17H,3-5,9H2,1-2H3. The van der Waals surface area contributed by atoms with Gasteiger partial charge in [-0.25, -0.2) is 5.01 Å². The fraction of sp³-hybridized carbons (Fsp3) is 0.571. The number of piperidine rings is 1. The first kappa shape index (κ1) is 14.1. The van der Waals surface area contributed by atoms with Crippen molar-refractivity contribution >= 4 is 23.2 Å². The number of hydrogen-bond donors (Lipinski definition) is 1. The summed E-state index contributed by atoms with van der Waals surface area (Å²) < 4.78 is 0. The molecule has 0 spiro atoms. The van der Waals surface area contributed by atoms with Gasteiger partial charge in [-0.05, 0) is 50.5 Å². The monoisotopic (exact) mass is 286 g/mol. The summed E-state index contributed by atoms with van der Waals surface area (Å²) in [6.45, 7) is 5.32. The summed E-state index contributed by atoms with van der Waals surface area (Å²) in [7, 11) is 0. The van der Waals surface area contributed by atoms with Crippen molar-refractivity contribution in [3.05, 3.63) is 33.8 Å². The van der Waals surface area contributed by atoms with Gasteiger partial charge in [0, 0.05) is 28.7 Å². The van der Waals surface area contributed by atoms with Crippen LogP contribution in [0.1, 0.15) is 38.7 Å². The van der Waals surface area contributed by atoms with E-state index >= 15 is 0 Å². The van der Waals surface area contributed by atoms with Crippen LogP contribution in [0, 0.1) is 0 Å². The molecule has 0 saturated carbocycles. The predicted octanol–water partition coefficient (Wildman–Crippen LogP) is 4.26. The van der Waals surface area contributed by atoms with Gasteiger partial charge in [-0.3, -0.25) is 5.43 Å². The number of benzene rings is 1. The van der Waals surface area contributed by atoms with E-state index in [0.717, 1.165) is 12.1 Å². The van der Waals surface area contributed by atoms with Crippen LogP contribution < -0.4 is 5.43 Å². The molecule has 0 aromatic heterocycles. The Bertz CT molecular complexity index is 379. The fourth-order valence-corrected chi connectivity index (χ4v) is 3.20. The van der Waals surface area contributed by atoms with E-state index in [-0.39, 0.29) is 0 Å². The Morgan fingerprint density at radius 2 is 1.67 bits per heavy atom. The number of hydrogen-bond acceptors (Lipinski definition) is 2. The maximum atomic E-state index is 6.00. The molecule has 0 bridgehead atoms. The molecule has 4 heteroatoms. The maximum Gasteiger partial charge on any atom is 0.0424 e. The predicted molar refractivity (Wildman–Crippen MR) is 77.9 cm³/mol. The zero-order valence-corrected chi connectivity index (χ0v) is 12.4. The van der Waals surface area contributed by atoms with Crippen molar-refractivity contribution in [2.75, 3.05) is 0 Å². The molecule has 1 aliphatic heterocycles. The summed E-state index contributed by atoms with van der Waals surface area (Å²) in [4.78, 5) is 0. The first-order valence-electron chi connectivity index (χ1n) is 6.53. The number of nitrogens with zero attached hydrogens (tertiary/aromatic N) is 1. The van der Waals surface area contributed by atoms with Gasteiger partial charge in [-0.15, -0.1) is 0 Å². The average Bonchev–Trinajstić information content (AvgIpc) is 2.27. The summed E-state index contributed by atoms with van der Waals surface area (Å²) in [5.41, 5.74) is 4.63. The van der Waals surface area contributed by atoms with Crippen molar-refractivity contribution in [3.63, 3.8) is 0 Å². The molecular formula is C14H20Cl2N2. The molecule has 0 radical (unpaired) electrons. The molecule has 0 aliphatic carbocycles. The molecule has 1 aliphatic rings. The Hall–Kier alpha value is -0.280. The lowest BCUT2D eigenvalue weighted by Gasteiger charge is -2.39.